The molecule has 0 spiro atoms. The number of carbonyl (C=O) groups is 4. The molecule has 3 N–H and O–H groups in total. The molecular formula is C27H30N4O5S. The fraction of sp³-hybridized carbons (Fsp3) is 0.370. The topological polar surface area (TPSA) is 126 Å². The molecule has 1 saturated heterocycles. The largest absolute Gasteiger partial charge is 0.445 e. The van der Waals surface area contributed by atoms with Crippen LogP contribution in [0.2, 0.25) is 0 Å². The second-order valence-electron chi connectivity index (χ2n) is 9.35. The summed E-state index contributed by atoms with van der Waals surface area (Å²) in [5.41, 5.74) is 1.52. The summed E-state index contributed by atoms with van der Waals surface area (Å²) in [6.45, 7) is 4.17. The molecule has 3 amide bonds. The molecule has 0 bridgehead atoms. The molecule has 3 aromatic rings. The van der Waals surface area contributed by atoms with Crippen molar-refractivity contribution < 1.29 is 23.9 Å². The first kappa shape index (κ1) is 26.3. The van der Waals surface area contributed by atoms with Gasteiger partial charge < -0.3 is 20.7 Å². The third kappa shape index (κ3) is 6.71. The van der Waals surface area contributed by atoms with Gasteiger partial charge in [-0.3, -0.25) is 14.4 Å². The average molecular weight is 523 g/mol. The fourth-order valence-corrected chi connectivity index (χ4v) is 5.16. The molecule has 3 atom stereocenters. The number of ether oxygens (including phenoxy) is 1. The van der Waals surface area contributed by atoms with Gasteiger partial charge in [0, 0.05) is 12.5 Å². The number of alkyl carbamates (subject to hydrolysis) is 1. The van der Waals surface area contributed by atoms with Crippen LogP contribution in [0.1, 0.15) is 42.1 Å². The predicted octanol–water partition coefficient (Wildman–Crippen LogP) is 3.44. The van der Waals surface area contributed by atoms with Crippen molar-refractivity contribution in [2.45, 2.75) is 45.4 Å². The summed E-state index contributed by atoms with van der Waals surface area (Å²) in [7, 11) is 0. The lowest BCUT2D eigenvalue weighted by Gasteiger charge is -2.25. The molecule has 2 aromatic carbocycles. The van der Waals surface area contributed by atoms with E-state index in [1.807, 2.05) is 54.6 Å². The highest BCUT2D eigenvalue weighted by molar-refractivity contribution is 7.20. The van der Waals surface area contributed by atoms with Crippen LogP contribution < -0.4 is 16.0 Å². The number of amides is 3. The number of para-hydroxylation sites is 1. The fourth-order valence-electron chi connectivity index (χ4n) is 4.20. The Morgan fingerprint density at radius 2 is 1.81 bits per heavy atom. The Morgan fingerprint density at radius 3 is 2.49 bits per heavy atom. The minimum Gasteiger partial charge on any atom is -0.445 e. The van der Waals surface area contributed by atoms with Crippen molar-refractivity contribution in [3.63, 3.8) is 0 Å². The molecule has 2 heterocycles. The molecule has 0 radical (unpaired) electrons. The van der Waals surface area contributed by atoms with E-state index in [4.69, 9.17) is 4.74 Å². The number of ketones is 1. The van der Waals surface area contributed by atoms with Crippen molar-refractivity contribution in [1.82, 2.24) is 20.9 Å². The van der Waals surface area contributed by atoms with Gasteiger partial charge in [-0.05, 0) is 36.5 Å². The van der Waals surface area contributed by atoms with Crippen LogP contribution in [0.25, 0.3) is 10.2 Å². The SMILES string of the molecule is CC(C)[C@H](NC(=O)OCc1ccccc1)C(=O)N[C@@H](C[C@@H]1CCNC1=O)C(=O)c1nc2ccccc2s1. The number of nitrogens with zero attached hydrogens (tertiary/aromatic N) is 1. The van der Waals surface area contributed by atoms with Gasteiger partial charge in [0.25, 0.3) is 0 Å². The molecule has 1 aliphatic rings. The number of nitrogens with one attached hydrogen (secondary N) is 3. The first-order valence-electron chi connectivity index (χ1n) is 12.3. The van der Waals surface area contributed by atoms with Gasteiger partial charge in [0.15, 0.2) is 5.01 Å². The zero-order valence-electron chi connectivity index (χ0n) is 20.7. The highest BCUT2D eigenvalue weighted by Gasteiger charge is 2.35. The van der Waals surface area contributed by atoms with Crippen molar-refractivity contribution in [3.8, 4) is 0 Å². The van der Waals surface area contributed by atoms with E-state index in [1.165, 1.54) is 11.3 Å². The van der Waals surface area contributed by atoms with Crippen LogP contribution in [-0.2, 0) is 20.9 Å². The Hall–Kier alpha value is -3.79. The van der Waals surface area contributed by atoms with Gasteiger partial charge in [-0.15, -0.1) is 11.3 Å². The molecule has 1 aromatic heterocycles. The molecule has 0 aliphatic carbocycles. The Labute approximate surface area is 219 Å². The molecule has 0 saturated carbocycles. The van der Waals surface area contributed by atoms with Crippen LogP contribution in [0.5, 0.6) is 0 Å². The third-order valence-corrected chi connectivity index (χ3v) is 7.31. The van der Waals surface area contributed by atoms with Gasteiger partial charge in [0.1, 0.15) is 12.6 Å². The second kappa shape index (κ2) is 12.0. The number of hydrogen-bond acceptors (Lipinski definition) is 7. The molecule has 0 unspecified atom stereocenters. The van der Waals surface area contributed by atoms with Gasteiger partial charge in [0.05, 0.1) is 16.3 Å². The van der Waals surface area contributed by atoms with Crippen molar-refractivity contribution >= 4 is 45.2 Å². The summed E-state index contributed by atoms with van der Waals surface area (Å²) in [5, 5.41) is 8.45. The normalized spacial score (nSPS) is 16.7. The lowest BCUT2D eigenvalue weighted by Crippen LogP contribution is -2.54. The number of benzene rings is 2. The first-order valence-corrected chi connectivity index (χ1v) is 13.1. The predicted molar refractivity (Wildman–Crippen MR) is 140 cm³/mol. The molecule has 37 heavy (non-hydrogen) atoms. The van der Waals surface area contributed by atoms with Crippen LogP contribution in [-0.4, -0.2) is 47.3 Å². The van der Waals surface area contributed by atoms with Crippen LogP contribution >= 0.6 is 11.3 Å². The summed E-state index contributed by atoms with van der Waals surface area (Å²) >= 11 is 1.25. The highest BCUT2D eigenvalue weighted by atomic mass is 32.1. The Kier molecular flexibility index (Phi) is 8.50. The monoisotopic (exact) mass is 522 g/mol. The standard InChI is InChI=1S/C27H30N4O5S/c1-16(2)22(31-27(35)36-15-17-8-4-3-5-9-17)25(34)29-20(14-18-12-13-28-24(18)33)23(32)26-30-19-10-6-7-11-21(19)37-26/h3-11,16,18,20,22H,12-15H2,1-2H3,(H,28,33)(H,29,34)(H,31,35)/t18-,20-,22-/m0/s1. The first-order chi connectivity index (χ1) is 17.8. The third-order valence-electron chi connectivity index (χ3n) is 6.26. The molecule has 194 valence electrons. The van der Waals surface area contributed by atoms with E-state index in [2.05, 4.69) is 20.9 Å². The highest BCUT2D eigenvalue weighted by Crippen LogP contribution is 2.25. The van der Waals surface area contributed by atoms with E-state index in [9.17, 15) is 19.2 Å². The molecular weight excluding hydrogens is 492 g/mol. The van der Waals surface area contributed by atoms with Crippen LogP contribution in [0, 0.1) is 11.8 Å². The number of thiazole rings is 1. The second-order valence-corrected chi connectivity index (χ2v) is 10.4. The number of aromatic nitrogens is 1. The van der Waals surface area contributed by atoms with Crippen LogP contribution in [0.4, 0.5) is 4.79 Å². The van der Waals surface area contributed by atoms with E-state index in [0.717, 1.165) is 10.3 Å². The minimum absolute atomic E-state index is 0.0641. The van der Waals surface area contributed by atoms with E-state index in [0.29, 0.717) is 18.5 Å². The molecule has 9 nitrogen and oxygen atoms in total. The van der Waals surface area contributed by atoms with Crippen molar-refractivity contribution in [1.29, 1.82) is 0 Å². The summed E-state index contributed by atoms with van der Waals surface area (Å²) in [6, 6.07) is 14.7. The summed E-state index contributed by atoms with van der Waals surface area (Å²) in [6.07, 6.45) is -0.00655. The van der Waals surface area contributed by atoms with Crippen molar-refractivity contribution in [2.75, 3.05) is 6.54 Å². The summed E-state index contributed by atoms with van der Waals surface area (Å²) < 4.78 is 6.14. The van der Waals surface area contributed by atoms with Gasteiger partial charge >= 0.3 is 6.09 Å². The van der Waals surface area contributed by atoms with Crippen LogP contribution in [0.3, 0.4) is 0 Å². The summed E-state index contributed by atoms with van der Waals surface area (Å²) in [5.74, 6) is -1.70. The Balaban J connectivity index is 1.47. The molecule has 10 heteroatoms. The number of fused-ring (bicyclic) bond motifs is 1. The maximum Gasteiger partial charge on any atom is 0.408 e. The number of carbonyl (C=O) groups excluding carboxylic acids is 4. The Morgan fingerprint density at radius 1 is 1.08 bits per heavy atom. The van der Waals surface area contributed by atoms with Crippen molar-refractivity contribution in [3.05, 3.63) is 65.2 Å². The van der Waals surface area contributed by atoms with Gasteiger partial charge in [-0.25, -0.2) is 9.78 Å². The van der Waals surface area contributed by atoms with E-state index < -0.39 is 30.0 Å². The van der Waals surface area contributed by atoms with Crippen molar-refractivity contribution in [2.24, 2.45) is 11.8 Å². The van der Waals surface area contributed by atoms with E-state index in [1.54, 1.807) is 13.8 Å². The maximum absolute atomic E-state index is 13.5. The zero-order chi connectivity index (χ0) is 26.4. The minimum atomic E-state index is -0.967. The Bertz CT molecular complexity index is 1240. The summed E-state index contributed by atoms with van der Waals surface area (Å²) in [4.78, 5) is 56.0. The smallest absolute Gasteiger partial charge is 0.408 e. The molecule has 4 rings (SSSR count). The molecule has 1 fully saturated rings. The number of rotatable bonds is 10. The van der Waals surface area contributed by atoms with Gasteiger partial charge in [-0.1, -0.05) is 56.3 Å². The number of Topliss-reactive ketones (excluding diaryl/α,β-unsaturated/α-hetero) is 1. The maximum atomic E-state index is 13.5. The van der Waals surface area contributed by atoms with E-state index in [-0.39, 0.29) is 35.6 Å². The lowest BCUT2D eigenvalue weighted by molar-refractivity contribution is -0.126. The van der Waals surface area contributed by atoms with E-state index >= 15 is 0 Å². The quantitative estimate of drug-likeness (QED) is 0.350. The lowest BCUT2D eigenvalue weighted by atomic mass is 9.95. The van der Waals surface area contributed by atoms with Gasteiger partial charge in [-0.2, -0.15) is 0 Å². The van der Waals surface area contributed by atoms with Gasteiger partial charge in [0.2, 0.25) is 17.6 Å². The van der Waals surface area contributed by atoms with Crippen LogP contribution in [0.15, 0.2) is 54.6 Å². The average Bonchev–Trinajstić information content (AvgIpc) is 3.51. The molecule has 1 aliphatic heterocycles. The zero-order valence-corrected chi connectivity index (χ0v) is 21.5. The number of hydrogen-bond donors (Lipinski definition) is 3.